The van der Waals surface area contributed by atoms with Crippen molar-refractivity contribution >= 4 is 17.2 Å². The van der Waals surface area contributed by atoms with Gasteiger partial charge in [0.15, 0.2) is 0 Å². The number of likely N-dealkylation sites (tertiary alicyclic amines) is 1. The monoisotopic (exact) mass is 346 g/mol. The maximum Gasteiger partial charge on any atom is 0.260 e. The summed E-state index contributed by atoms with van der Waals surface area (Å²) < 4.78 is 0. The molecule has 2 aromatic rings. The second-order valence-corrected chi connectivity index (χ2v) is 7.66. The number of carbonyl (C=O) groups excluding carboxylic acids is 1. The summed E-state index contributed by atoms with van der Waals surface area (Å²) in [6.07, 6.45) is 4.36. The van der Waals surface area contributed by atoms with Crippen molar-refractivity contribution in [2.75, 3.05) is 13.1 Å². The van der Waals surface area contributed by atoms with E-state index in [2.05, 4.69) is 27.1 Å². The first-order valence-electron chi connectivity index (χ1n) is 8.15. The fourth-order valence-electron chi connectivity index (χ4n) is 3.14. The largest absolute Gasteiger partial charge is 0.349 e. The van der Waals surface area contributed by atoms with E-state index in [1.165, 1.54) is 11.1 Å². The number of aryl methyl sites for hydroxylation is 1. The highest BCUT2D eigenvalue weighted by Gasteiger charge is 2.28. The summed E-state index contributed by atoms with van der Waals surface area (Å²) in [5.41, 5.74) is -0.173. The Kier molecular flexibility index (Phi) is 5.11. The zero-order valence-corrected chi connectivity index (χ0v) is 14.7. The highest BCUT2D eigenvalue weighted by atomic mass is 32.1. The van der Waals surface area contributed by atoms with Crippen LogP contribution in [0, 0.1) is 12.8 Å². The van der Waals surface area contributed by atoms with Crippen LogP contribution in [0.5, 0.6) is 0 Å². The molecule has 0 saturated carbocycles. The number of aromatic nitrogens is 2. The summed E-state index contributed by atoms with van der Waals surface area (Å²) in [5, 5.41) is 4.11. The lowest BCUT2D eigenvalue weighted by Crippen LogP contribution is -2.50. The Morgan fingerprint density at radius 3 is 3.04 bits per heavy atom. The van der Waals surface area contributed by atoms with E-state index in [9.17, 15) is 9.59 Å². The number of nitrogens with one attached hydrogen (secondary N) is 2. The SMILES string of the molecule is Cc1ncc(CN2CCC(NC(=O)c3ccc[nH]c3=O)C(C)C2)s1. The van der Waals surface area contributed by atoms with Gasteiger partial charge in [0.25, 0.3) is 11.5 Å². The van der Waals surface area contributed by atoms with Crippen molar-refractivity contribution in [3.8, 4) is 0 Å². The number of hydrogen-bond acceptors (Lipinski definition) is 5. The molecule has 1 aliphatic rings. The molecule has 128 valence electrons. The normalized spacial score (nSPS) is 21.6. The molecule has 0 bridgehead atoms. The van der Waals surface area contributed by atoms with Gasteiger partial charge in [-0.05, 0) is 31.4 Å². The number of H-pyrrole nitrogens is 1. The highest BCUT2D eigenvalue weighted by molar-refractivity contribution is 7.11. The number of nitrogens with zero attached hydrogens (tertiary/aromatic N) is 2. The van der Waals surface area contributed by atoms with Gasteiger partial charge in [-0.15, -0.1) is 11.3 Å². The van der Waals surface area contributed by atoms with Crippen molar-refractivity contribution in [3.63, 3.8) is 0 Å². The number of hydrogen-bond donors (Lipinski definition) is 2. The number of rotatable bonds is 4. The molecule has 2 aromatic heterocycles. The zero-order chi connectivity index (χ0) is 17.1. The molecule has 2 N–H and O–H groups in total. The topological polar surface area (TPSA) is 78.1 Å². The standard InChI is InChI=1S/C17H22N4O2S/c1-11-9-21(10-13-8-19-12(2)24-13)7-5-15(11)20-17(23)14-4-3-6-18-16(14)22/h3-4,6,8,11,15H,5,7,9-10H2,1-2H3,(H,18,22)(H,20,23). The third-order valence-electron chi connectivity index (χ3n) is 4.42. The first-order valence-corrected chi connectivity index (χ1v) is 8.97. The number of aromatic amines is 1. The van der Waals surface area contributed by atoms with Gasteiger partial charge < -0.3 is 10.3 Å². The van der Waals surface area contributed by atoms with Crippen LogP contribution in [0.15, 0.2) is 29.3 Å². The quantitative estimate of drug-likeness (QED) is 0.885. The fraction of sp³-hybridized carbons (Fsp3) is 0.471. The van der Waals surface area contributed by atoms with Gasteiger partial charge in [0.05, 0.1) is 5.01 Å². The molecule has 7 heteroatoms. The van der Waals surface area contributed by atoms with Crippen molar-refractivity contribution in [2.24, 2.45) is 5.92 Å². The molecule has 2 unspecified atom stereocenters. The Hall–Kier alpha value is -1.99. The summed E-state index contributed by atoms with van der Waals surface area (Å²) in [7, 11) is 0. The van der Waals surface area contributed by atoms with Crippen LogP contribution in [-0.2, 0) is 6.54 Å². The van der Waals surface area contributed by atoms with E-state index in [0.29, 0.717) is 5.92 Å². The molecule has 1 saturated heterocycles. The molecule has 0 radical (unpaired) electrons. The molecule has 2 atom stereocenters. The van der Waals surface area contributed by atoms with Crippen LogP contribution >= 0.6 is 11.3 Å². The second kappa shape index (κ2) is 7.27. The number of piperidine rings is 1. The Balaban J connectivity index is 1.57. The van der Waals surface area contributed by atoms with Crippen molar-refractivity contribution in [2.45, 2.75) is 32.9 Å². The lowest BCUT2D eigenvalue weighted by molar-refractivity contribution is 0.0860. The molecule has 24 heavy (non-hydrogen) atoms. The Morgan fingerprint density at radius 1 is 1.54 bits per heavy atom. The van der Waals surface area contributed by atoms with E-state index >= 15 is 0 Å². The van der Waals surface area contributed by atoms with Crippen LogP contribution in [0.3, 0.4) is 0 Å². The fourth-order valence-corrected chi connectivity index (χ4v) is 3.97. The van der Waals surface area contributed by atoms with Crippen LogP contribution in [0.4, 0.5) is 0 Å². The van der Waals surface area contributed by atoms with Gasteiger partial charge in [-0.25, -0.2) is 4.98 Å². The maximum absolute atomic E-state index is 12.3. The van der Waals surface area contributed by atoms with Crippen LogP contribution in [0.2, 0.25) is 0 Å². The van der Waals surface area contributed by atoms with Crippen molar-refractivity contribution in [3.05, 3.63) is 50.3 Å². The van der Waals surface area contributed by atoms with Crippen molar-refractivity contribution in [1.82, 2.24) is 20.2 Å². The molecule has 3 rings (SSSR count). The molecular weight excluding hydrogens is 324 g/mol. The van der Waals surface area contributed by atoms with Gasteiger partial charge in [-0.1, -0.05) is 6.92 Å². The zero-order valence-electron chi connectivity index (χ0n) is 13.9. The average Bonchev–Trinajstić information content (AvgIpc) is 2.95. The van der Waals surface area contributed by atoms with E-state index in [0.717, 1.165) is 31.1 Å². The predicted molar refractivity (Wildman–Crippen MR) is 94.2 cm³/mol. The van der Waals surface area contributed by atoms with Gasteiger partial charge in [0.1, 0.15) is 5.56 Å². The molecular formula is C17H22N4O2S. The molecule has 6 nitrogen and oxygen atoms in total. The molecule has 1 amide bonds. The average molecular weight is 346 g/mol. The molecule has 0 aromatic carbocycles. The Morgan fingerprint density at radius 2 is 2.38 bits per heavy atom. The minimum absolute atomic E-state index is 0.0940. The second-order valence-electron chi connectivity index (χ2n) is 6.34. The van der Waals surface area contributed by atoms with Gasteiger partial charge in [0, 0.05) is 42.9 Å². The predicted octanol–water partition coefficient (Wildman–Crippen LogP) is 1.78. The van der Waals surface area contributed by atoms with E-state index in [4.69, 9.17) is 0 Å². The highest BCUT2D eigenvalue weighted by Crippen LogP contribution is 2.21. The van der Waals surface area contributed by atoms with Crippen LogP contribution in [-0.4, -0.2) is 39.9 Å². The van der Waals surface area contributed by atoms with Crippen LogP contribution in [0.1, 0.15) is 33.6 Å². The molecule has 1 aliphatic heterocycles. The van der Waals surface area contributed by atoms with E-state index in [1.54, 1.807) is 23.5 Å². The van der Waals surface area contributed by atoms with E-state index < -0.39 is 0 Å². The third-order valence-corrected chi connectivity index (χ3v) is 5.31. The molecule has 1 fully saturated rings. The van der Waals surface area contributed by atoms with Gasteiger partial charge >= 0.3 is 0 Å². The maximum atomic E-state index is 12.3. The van der Waals surface area contributed by atoms with Gasteiger partial charge in [-0.2, -0.15) is 0 Å². The summed E-state index contributed by atoms with van der Waals surface area (Å²) in [4.78, 5) is 34.5. The van der Waals surface area contributed by atoms with E-state index in [-0.39, 0.29) is 23.1 Å². The summed E-state index contributed by atoms with van der Waals surface area (Å²) >= 11 is 1.73. The molecule has 3 heterocycles. The lowest BCUT2D eigenvalue weighted by atomic mass is 9.93. The number of thiazole rings is 1. The number of amides is 1. The first-order chi connectivity index (χ1) is 11.5. The van der Waals surface area contributed by atoms with Crippen molar-refractivity contribution < 1.29 is 4.79 Å². The number of carbonyl (C=O) groups is 1. The third kappa shape index (κ3) is 3.91. The Bertz CT molecular complexity index is 770. The minimum atomic E-state index is -0.347. The molecule has 0 spiro atoms. The van der Waals surface area contributed by atoms with Crippen LogP contribution in [0.25, 0.3) is 0 Å². The Labute approximate surface area is 144 Å². The van der Waals surface area contributed by atoms with Crippen LogP contribution < -0.4 is 10.9 Å². The van der Waals surface area contributed by atoms with Gasteiger partial charge in [-0.3, -0.25) is 14.5 Å². The summed E-state index contributed by atoms with van der Waals surface area (Å²) in [5.74, 6) is 0.0414. The summed E-state index contributed by atoms with van der Waals surface area (Å²) in [6, 6.07) is 3.32. The van der Waals surface area contributed by atoms with Gasteiger partial charge in [0.2, 0.25) is 0 Å². The lowest BCUT2D eigenvalue weighted by Gasteiger charge is -2.37. The number of pyridine rings is 1. The smallest absolute Gasteiger partial charge is 0.260 e. The summed E-state index contributed by atoms with van der Waals surface area (Å²) in [6.45, 7) is 6.92. The molecule has 0 aliphatic carbocycles. The van der Waals surface area contributed by atoms with Crippen molar-refractivity contribution in [1.29, 1.82) is 0 Å². The minimum Gasteiger partial charge on any atom is -0.349 e. The van der Waals surface area contributed by atoms with E-state index in [1.807, 2.05) is 13.1 Å². The first kappa shape index (κ1) is 16.9.